The van der Waals surface area contributed by atoms with Crippen molar-refractivity contribution in [1.82, 2.24) is 10.2 Å². The van der Waals surface area contributed by atoms with Gasteiger partial charge in [0.25, 0.3) is 5.78 Å². The first kappa shape index (κ1) is 22.0. The molecule has 1 aliphatic rings. The number of benzene rings is 2. The molecule has 3 aromatic rings. The van der Waals surface area contributed by atoms with E-state index in [1.165, 1.54) is 16.2 Å². The van der Waals surface area contributed by atoms with E-state index in [-0.39, 0.29) is 22.6 Å². The molecule has 1 aromatic heterocycles. The zero-order chi connectivity index (χ0) is 23.0. The van der Waals surface area contributed by atoms with Crippen molar-refractivity contribution in [2.75, 3.05) is 4.90 Å². The van der Waals surface area contributed by atoms with E-state index < -0.39 is 17.7 Å². The number of amides is 1. The molecule has 0 spiro atoms. The lowest BCUT2D eigenvalue weighted by Crippen LogP contribution is -2.29. The molecule has 164 valence electrons. The van der Waals surface area contributed by atoms with Gasteiger partial charge in [-0.15, -0.1) is 10.2 Å². The molecule has 1 aliphatic heterocycles. The summed E-state index contributed by atoms with van der Waals surface area (Å²) in [5.74, 6) is -1.21. The van der Waals surface area contributed by atoms with E-state index in [4.69, 9.17) is 16.3 Å². The van der Waals surface area contributed by atoms with Crippen LogP contribution in [0.1, 0.15) is 36.0 Å². The molecule has 0 aliphatic carbocycles. The molecule has 32 heavy (non-hydrogen) atoms. The summed E-state index contributed by atoms with van der Waals surface area (Å²) in [5.41, 5.74) is 0.983. The first-order valence-electron chi connectivity index (χ1n) is 9.90. The Hall–Kier alpha value is -3.23. The quantitative estimate of drug-likeness (QED) is 0.324. The molecule has 0 bridgehead atoms. The van der Waals surface area contributed by atoms with Crippen LogP contribution in [0, 0.1) is 6.92 Å². The lowest BCUT2D eigenvalue weighted by atomic mass is 9.95. The molecule has 4 rings (SSSR count). The fraction of sp³-hybridized carbons (Fsp3) is 0.217. The molecule has 1 fully saturated rings. The van der Waals surface area contributed by atoms with Crippen LogP contribution in [0.25, 0.3) is 5.76 Å². The molecule has 2 aromatic carbocycles. The van der Waals surface area contributed by atoms with E-state index in [0.29, 0.717) is 26.9 Å². The van der Waals surface area contributed by atoms with Crippen LogP contribution in [0.4, 0.5) is 5.13 Å². The third kappa shape index (κ3) is 4.11. The molecule has 0 unspecified atom stereocenters. The summed E-state index contributed by atoms with van der Waals surface area (Å²) in [6.45, 7) is 5.59. The highest BCUT2D eigenvalue weighted by molar-refractivity contribution is 7.15. The van der Waals surface area contributed by atoms with Gasteiger partial charge in [0.2, 0.25) is 5.13 Å². The van der Waals surface area contributed by atoms with E-state index in [1.54, 1.807) is 55.5 Å². The molecular weight excluding hydrogens is 450 g/mol. The number of aryl methyl sites for hydroxylation is 1. The molecule has 1 amide bonds. The lowest BCUT2D eigenvalue weighted by molar-refractivity contribution is -0.132. The smallest absolute Gasteiger partial charge is 0.301 e. The summed E-state index contributed by atoms with van der Waals surface area (Å²) >= 11 is 7.23. The molecule has 1 atom stereocenters. The highest BCUT2D eigenvalue weighted by atomic mass is 35.5. The monoisotopic (exact) mass is 469 g/mol. The fourth-order valence-corrected chi connectivity index (χ4v) is 4.33. The summed E-state index contributed by atoms with van der Waals surface area (Å²) in [5, 5.41) is 20.6. The second kappa shape index (κ2) is 8.72. The number of carbonyl (C=O) groups is 2. The molecule has 2 heterocycles. The topological polar surface area (TPSA) is 92.6 Å². The van der Waals surface area contributed by atoms with Gasteiger partial charge in [-0.3, -0.25) is 14.5 Å². The third-order valence-corrected chi connectivity index (χ3v) is 5.94. The van der Waals surface area contributed by atoms with Crippen molar-refractivity contribution in [1.29, 1.82) is 0 Å². The zero-order valence-electron chi connectivity index (χ0n) is 17.6. The standard InChI is InChI=1S/C23H20ClN3O4S/c1-12(2)31-17-10-6-15(7-11-17)20(28)18-19(14-4-8-16(24)9-5-14)27(22(30)21(18)29)23-26-25-13(3)32-23/h4-12,19,28H,1-3H3/b20-18+/t19-/m1/s1. The van der Waals surface area contributed by atoms with Crippen molar-refractivity contribution in [2.45, 2.75) is 32.9 Å². The fourth-order valence-electron chi connectivity index (χ4n) is 3.49. The molecule has 1 saturated heterocycles. The van der Waals surface area contributed by atoms with Crippen molar-refractivity contribution in [3.8, 4) is 5.75 Å². The number of ether oxygens (including phenoxy) is 1. The number of carbonyl (C=O) groups excluding carboxylic acids is 2. The lowest BCUT2D eigenvalue weighted by Gasteiger charge is -2.22. The molecule has 0 radical (unpaired) electrons. The maximum atomic E-state index is 13.1. The van der Waals surface area contributed by atoms with Crippen molar-refractivity contribution in [3.63, 3.8) is 0 Å². The number of ketones is 1. The number of Topliss-reactive ketones (excluding diaryl/α,β-unsaturated/α-hetero) is 1. The Morgan fingerprint density at radius 3 is 2.31 bits per heavy atom. The van der Waals surface area contributed by atoms with Crippen LogP contribution in [-0.2, 0) is 9.59 Å². The summed E-state index contributed by atoms with van der Waals surface area (Å²) in [6.07, 6.45) is 0.0000354. The number of aliphatic hydroxyl groups excluding tert-OH is 1. The maximum Gasteiger partial charge on any atom is 0.301 e. The summed E-state index contributed by atoms with van der Waals surface area (Å²) < 4.78 is 5.64. The normalized spacial score (nSPS) is 17.9. The maximum absolute atomic E-state index is 13.1. The van der Waals surface area contributed by atoms with Crippen molar-refractivity contribution >= 4 is 45.5 Å². The Labute approximate surface area is 193 Å². The largest absolute Gasteiger partial charge is 0.507 e. The second-order valence-corrected chi connectivity index (χ2v) is 9.11. The Morgan fingerprint density at radius 1 is 1.09 bits per heavy atom. The van der Waals surface area contributed by atoms with E-state index in [1.807, 2.05) is 13.8 Å². The number of aromatic nitrogens is 2. The highest BCUT2D eigenvalue weighted by Crippen LogP contribution is 2.43. The van der Waals surface area contributed by atoms with Crippen LogP contribution < -0.4 is 9.64 Å². The van der Waals surface area contributed by atoms with Crippen LogP contribution in [-0.4, -0.2) is 33.1 Å². The minimum absolute atomic E-state index is 0.0000354. The van der Waals surface area contributed by atoms with E-state index in [0.717, 1.165) is 0 Å². The number of rotatable bonds is 5. The van der Waals surface area contributed by atoms with Crippen LogP contribution in [0.2, 0.25) is 5.02 Å². The Balaban J connectivity index is 1.85. The molecular formula is C23H20ClN3O4S. The third-order valence-electron chi connectivity index (χ3n) is 4.85. The van der Waals surface area contributed by atoms with Crippen LogP contribution >= 0.6 is 22.9 Å². The van der Waals surface area contributed by atoms with Gasteiger partial charge in [0.15, 0.2) is 0 Å². The van der Waals surface area contributed by atoms with Crippen molar-refractivity contribution in [2.24, 2.45) is 0 Å². The second-order valence-electron chi connectivity index (χ2n) is 7.52. The van der Waals surface area contributed by atoms with Gasteiger partial charge in [-0.25, -0.2) is 0 Å². The number of aliphatic hydroxyl groups is 1. The Morgan fingerprint density at radius 2 is 1.75 bits per heavy atom. The summed E-state index contributed by atoms with van der Waals surface area (Å²) in [4.78, 5) is 27.4. The first-order chi connectivity index (χ1) is 15.3. The minimum Gasteiger partial charge on any atom is -0.507 e. The van der Waals surface area contributed by atoms with Crippen molar-refractivity contribution < 1.29 is 19.4 Å². The van der Waals surface area contributed by atoms with E-state index in [2.05, 4.69) is 10.2 Å². The number of nitrogens with zero attached hydrogens (tertiary/aromatic N) is 3. The number of anilines is 1. The highest BCUT2D eigenvalue weighted by Gasteiger charge is 2.48. The first-order valence-corrected chi connectivity index (χ1v) is 11.1. The molecule has 7 nitrogen and oxygen atoms in total. The van der Waals surface area contributed by atoms with E-state index >= 15 is 0 Å². The zero-order valence-corrected chi connectivity index (χ0v) is 19.1. The van der Waals surface area contributed by atoms with Gasteiger partial charge in [0, 0.05) is 10.6 Å². The van der Waals surface area contributed by atoms with Gasteiger partial charge < -0.3 is 9.84 Å². The molecule has 0 saturated carbocycles. The Bertz CT molecular complexity index is 1200. The van der Waals surface area contributed by atoms with Crippen LogP contribution in [0.15, 0.2) is 54.1 Å². The van der Waals surface area contributed by atoms with Gasteiger partial charge in [-0.2, -0.15) is 0 Å². The van der Waals surface area contributed by atoms with Gasteiger partial charge >= 0.3 is 5.91 Å². The average Bonchev–Trinajstić information content (AvgIpc) is 3.29. The SMILES string of the molecule is Cc1nnc(N2C(=O)C(=O)/C(=C(/O)c3ccc(OC(C)C)cc3)[C@H]2c2ccc(Cl)cc2)s1. The van der Waals surface area contributed by atoms with E-state index in [9.17, 15) is 14.7 Å². The van der Waals surface area contributed by atoms with Gasteiger partial charge in [0.05, 0.1) is 17.7 Å². The molecule has 9 heteroatoms. The van der Waals surface area contributed by atoms with Crippen LogP contribution in [0.5, 0.6) is 5.75 Å². The van der Waals surface area contributed by atoms with Gasteiger partial charge in [0.1, 0.15) is 16.5 Å². The molecule has 1 N–H and O–H groups in total. The minimum atomic E-state index is -0.869. The van der Waals surface area contributed by atoms with Gasteiger partial charge in [-0.05, 0) is 62.7 Å². The number of hydrogen-bond acceptors (Lipinski definition) is 7. The number of halogens is 1. The van der Waals surface area contributed by atoms with Gasteiger partial charge in [-0.1, -0.05) is 35.1 Å². The predicted molar refractivity (Wildman–Crippen MR) is 123 cm³/mol. The average molecular weight is 470 g/mol. The summed E-state index contributed by atoms with van der Waals surface area (Å²) in [7, 11) is 0. The number of hydrogen-bond donors (Lipinski definition) is 1. The van der Waals surface area contributed by atoms with Crippen molar-refractivity contribution in [3.05, 3.63) is 75.3 Å². The Kier molecular flexibility index (Phi) is 5.99. The summed E-state index contributed by atoms with van der Waals surface area (Å²) in [6, 6.07) is 12.6. The van der Waals surface area contributed by atoms with Crippen LogP contribution in [0.3, 0.4) is 0 Å². The predicted octanol–water partition coefficient (Wildman–Crippen LogP) is 4.91.